The highest BCUT2D eigenvalue weighted by Crippen LogP contribution is 2.45. The largest absolute Gasteiger partial charge is 0.495 e. The van der Waals surface area contributed by atoms with E-state index in [1.807, 2.05) is 12.1 Å². The number of hydrogen-bond acceptors (Lipinski definition) is 7. The molecular weight excluding hydrogens is 535 g/mol. The molecule has 0 radical (unpaired) electrons. The number of piperidine rings is 1. The van der Waals surface area contributed by atoms with Gasteiger partial charge in [0.1, 0.15) is 5.75 Å². The number of thiophene rings is 1. The fourth-order valence-corrected chi connectivity index (χ4v) is 7.32. The van der Waals surface area contributed by atoms with Crippen LogP contribution < -0.4 is 20.7 Å². The van der Waals surface area contributed by atoms with Crippen LogP contribution in [0.1, 0.15) is 23.3 Å². The monoisotopic (exact) mass is 563 g/mol. The molecule has 3 atom stereocenters. The molecule has 1 saturated heterocycles. The fourth-order valence-electron chi connectivity index (χ4n) is 5.46. The van der Waals surface area contributed by atoms with E-state index in [1.54, 1.807) is 12.1 Å². The maximum Gasteiger partial charge on any atom is 0.393 e. The van der Waals surface area contributed by atoms with Gasteiger partial charge in [-0.05, 0) is 47.9 Å². The highest BCUT2D eigenvalue weighted by atomic mass is 32.2. The van der Waals surface area contributed by atoms with Crippen molar-refractivity contribution >= 4 is 42.6 Å². The van der Waals surface area contributed by atoms with Gasteiger partial charge in [0.25, 0.3) is 0 Å². The first-order valence-electron chi connectivity index (χ1n) is 12.2. The average Bonchev–Trinajstić information content (AvgIpc) is 3.52. The van der Waals surface area contributed by atoms with Gasteiger partial charge >= 0.3 is 6.18 Å². The molecule has 2 fully saturated rings. The minimum Gasteiger partial charge on any atom is -0.495 e. The molecule has 3 N–H and O–H groups in total. The Morgan fingerprint density at radius 1 is 1.24 bits per heavy atom. The van der Waals surface area contributed by atoms with Gasteiger partial charge in [-0.15, -0.1) is 11.3 Å². The first kappa shape index (κ1) is 26.7. The van der Waals surface area contributed by atoms with Crippen LogP contribution in [0.5, 0.6) is 5.75 Å². The number of benzene rings is 2. The highest BCUT2D eigenvalue weighted by molar-refractivity contribution is 7.90. The Balaban J connectivity index is 1.44. The van der Waals surface area contributed by atoms with E-state index in [0.29, 0.717) is 33.7 Å². The first-order valence-corrected chi connectivity index (χ1v) is 14.9. The molecule has 1 aliphatic carbocycles. The number of fused-ring (bicyclic) bond motifs is 3. The standard InChI is InChI=1S/C27H28F3N3O3S2/c1-36-24-13-18(38(2,34)35)8-9-22(24)32-10-4-7-25-20(14-27(28,29)30)19-5-3-6-23(26(19)37-25)33-15-16-11-17(33)12-21(16)31/h3,5-6,8-9,13,16-17,21,32H,10-12,14-15,31H2,1-2H3. The lowest BCUT2D eigenvalue weighted by Crippen LogP contribution is -2.41. The lowest BCUT2D eigenvalue weighted by molar-refractivity contribution is -0.126. The molecule has 11 heteroatoms. The highest BCUT2D eigenvalue weighted by Gasteiger charge is 2.43. The number of hydrogen-bond donors (Lipinski definition) is 2. The molecule has 3 unspecified atom stereocenters. The van der Waals surface area contributed by atoms with Crippen molar-refractivity contribution in [1.29, 1.82) is 0 Å². The van der Waals surface area contributed by atoms with Crippen LogP contribution in [-0.2, 0) is 16.3 Å². The van der Waals surface area contributed by atoms with Crippen LogP contribution in [0.15, 0.2) is 41.3 Å². The summed E-state index contributed by atoms with van der Waals surface area (Å²) in [5.74, 6) is 6.64. The molecule has 1 aliphatic heterocycles. The SMILES string of the molecule is COc1cc(S(C)(=O)=O)ccc1NCC#Cc1sc2c(N3CC4CC3CC4N)cccc2c1CC(F)(F)F. The van der Waals surface area contributed by atoms with Gasteiger partial charge in [0.2, 0.25) is 0 Å². The summed E-state index contributed by atoms with van der Waals surface area (Å²) in [4.78, 5) is 2.82. The van der Waals surface area contributed by atoms with Crippen LogP contribution in [-0.4, -0.2) is 53.1 Å². The molecule has 0 amide bonds. The number of halogens is 3. The topological polar surface area (TPSA) is 84.7 Å². The van der Waals surface area contributed by atoms with Crippen molar-refractivity contribution in [2.45, 2.75) is 42.4 Å². The molecule has 1 saturated carbocycles. The van der Waals surface area contributed by atoms with E-state index in [2.05, 4.69) is 22.1 Å². The summed E-state index contributed by atoms with van der Waals surface area (Å²) in [7, 11) is -1.97. The number of anilines is 2. The Morgan fingerprint density at radius 2 is 2.03 bits per heavy atom. The Labute approximate surface area is 223 Å². The van der Waals surface area contributed by atoms with Crippen molar-refractivity contribution in [3.8, 4) is 17.6 Å². The summed E-state index contributed by atoms with van der Waals surface area (Å²) < 4.78 is 70.4. The number of rotatable bonds is 6. The van der Waals surface area contributed by atoms with Gasteiger partial charge in [-0.3, -0.25) is 0 Å². The predicted octanol–water partition coefficient (Wildman–Crippen LogP) is 4.81. The van der Waals surface area contributed by atoms with E-state index >= 15 is 0 Å². The van der Waals surface area contributed by atoms with Crippen LogP contribution in [0, 0.1) is 17.8 Å². The number of nitrogens with zero attached hydrogens (tertiary/aromatic N) is 1. The third-order valence-electron chi connectivity index (χ3n) is 7.25. The number of ether oxygens (including phenoxy) is 1. The summed E-state index contributed by atoms with van der Waals surface area (Å²) in [5, 5.41) is 3.65. The van der Waals surface area contributed by atoms with Gasteiger partial charge in [0.15, 0.2) is 9.84 Å². The molecule has 2 aromatic carbocycles. The Kier molecular flexibility index (Phi) is 7.00. The fraction of sp³-hybridized carbons (Fsp3) is 0.407. The molecule has 2 aliphatic rings. The molecular formula is C27H28F3N3O3S2. The predicted molar refractivity (Wildman–Crippen MR) is 145 cm³/mol. The Bertz CT molecular complexity index is 1540. The molecule has 38 heavy (non-hydrogen) atoms. The zero-order valence-corrected chi connectivity index (χ0v) is 22.6. The van der Waals surface area contributed by atoms with E-state index in [9.17, 15) is 21.6 Å². The van der Waals surface area contributed by atoms with Crippen molar-refractivity contribution < 1.29 is 26.3 Å². The maximum absolute atomic E-state index is 13.6. The van der Waals surface area contributed by atoms with Crippen LogP contribution in [0.3, 0.4) is 0 Å². The lowest BCUT2D eigenvalue weighted by Gasteiger charge is -2.32. The van der Waals surface area contributed by atoms with E-state index in [1.165, 1.54) is 30.6 Å². The van der Waals surface area contributed by atoms with E-state index in [0.717, 1.165) is 36.0 Å². The molecule has 2 heterocycles. The third-order valence-corrected chi connectivity index (χ3v) is 9.55. The van der Waals surface area contributed by atoms with E-state index in [-0.39, 0.29) is 23.0 Å². The zero-order chi connectivity index (χ0) is 27.2. The van der Waals surface area contributed by atoms with Crippen molar-refractivity contribution in [2.24, 2.45) is 11.7 Å². The number of methoxy groups -OCH3 is 1. The summed E-state index contributed by atoms with van der Waals surface area (Å²) in [6.45, 7) is 0.956. The number of alkyl halides is 3. The van der Waals surface area contributed by atoms with Crippen molar-refractivity contribution in [1.82, 2.24) is 0 Å². The summed E-state index contributed by atoms with van der Waals surface area (Å²) in [5.41, 5.74) is 7.90. The third kappa shape index (κ3) is 5.30. The molecule has 5 rings (SSSR count). The zero-order valence-electron chi connectivity index (χ0n) is 20.9. The van der Waals surface area contributed by atoms with Crippen LogP contribution in [0.4, 0.5) is 24.5 Å². The molecule has 6 nitrogen and oxygen atoms in total. The van der Waals surface area contributed by atoms with E-state index in [4.69, 9.17) is 10.5 Å². The van der Waals surface area contributed by atoms with E-state index < -0.39 is 22.4 Å². The summed E-state index contributed by atoms with van der Waals surface area (Å²) >= 11 is 1.30. The van der Waals surface area contributed by atoms with Gasteiger partial charge in [0.05, 0.1) is 45.9 Å². The van der Waals surface area contributed by atoms with Crippen LogP contribution in [0.25, 0.3) is 10.1 Å². The molecule has 202 valence electrons. The van der Waals surface area contributed by atoms with Crippen LogP contribution in [0.2, 0.25) is 0 Å². The Morgan fingerprint density at radius 3 is 2.66 bits per heavy atom. The number of sulfone groups is 1. The van der Waals surface area contributed by atoms with Gasteiger partial charge in [0, 0.05) is 31.0 Å². The normalized spacial score (nSPS) is 21.0. The first-order chi connectivity index (χ1) is 17.9. The van der Waals surface area contributed by atoms with Crippen LogP contribution >= 0.6 is 11.3 Å². The van der Waals surface area contributed by atoms with Gasteiger partial charge < -0.3 is 20.7 Å². The maximum atomic E-state index is 13.6. The second kappa shape index (κ2) is 9.98. The molecule has 0 spiro atoms. The molecule has 2 bridgehead atoms. The second-order valence-electron chi connectivity index (χ2n) is 9.85. The quantitative estimate of drug-likeness (QED) is 0.419. The Hall–Kier alpha value is -2.94. The average molecular weight is 564 g/mol. The van der Waals surface area contributed by atoms with Crippen molar-refractivity contribution in [3.05, 3.63) is 46.8 Å². The van der Waals surface area contributed by atoms with Gasteiger partial charge in [-0.25, -0.2) is 8.42 Å². The smallest absolute Gasteiger partial charge is 0.393 e. The lowest BCUT2D eigenvalue weighted by atomic mass is 10.0. The summed E-state index contributed by atoms with van der Waals surface area (Å²) in [6.07, 6.45) is -2.39. The van der Waals surface area contributed by atoms with Crippen molar-refractivity contribution in [2.75, 3.05) is 36.7 Å². The summed E-state index contributed by atoms with van der Waals surface area (Å²) in [6, 6.07) is 10.5. The van der Waals surface area contributed by atoms with Crippen molar-refractivity contribution in [3.63, 3.8) is 0 Å². The second-order valence-corrected chi connectivity index (χ2v) is 12.9. The molecule has 3 aromatic rings. The minimum atomic E-state index is -4.37. The minimum absolute atomic E-state index is 0.122. The number of nitrogens with one attached hydrogen (secondary N) is 1. The number of nitrogens with two attached hydrogens (primary N) is 1. The van der Waals surface area contributed by atoms with Gasteiger partial charge in [-0.1, -0.05) is 24.0 Å². The molecule has 1 aromatic heterocycles. The van der Waals surface area contributed by atoms with Gasteiger partial charge in [-0.2, -0.15) is 13.2 Å².